The summed E-state index contributed by atoms with van der Waals surface area (Å²) >= 11 is 0. The van der Waals surface area contributed by atoms with Crippen molar-refractivity contribution in [3.05, 3.63) is 35.7 Å². The second-order valence-electron chi connectivity index (χ2n) is 7.66. The van der Waals surface area contributed by atoms with E-state index in [1.807, 2.05) is 20.8 Å². The van der Waals surface area contributed by atoms with E-state index in [2.05, 4.69) is 15.6 Å². The number of anilines is 1. The van der Waals surface area contributed by atoms with Crippen LogP contribution in [0.3, 0.4) is 0 Å². The maximum atomic E-state index is 14.1. The Labute approximate surface area is 145 Å². The molecule has 2 rings (SSSR count). The van der Waals surface area contributed by atoms with E-state index in [4.69, 9.17) is 4.74 Å². The zero-order chi connectivity index (χ0) is 19.0. The lowest BCUT2D eigenvalue weighted by molar-refractivity contribution is 0.102. The van der Waals surface area contributed by atoms with Crippen LogP contribution in [0.5, 0.6) is 5.75 Å². The van der Waals surface area contributed by atoms with Crippen molar-refractivity contribution < 1.29 is 18.3 Å². The van der Waals surface area contributed by atoms with Crippen LogP contribution in [-0.4, -0.2) is 26.5 Å². The van der Waals surface area contributed by atoms with Crippen LogP contribution in [0, 0.1) is 11.6 Å². The Hall–Kier alpha value is -2.51. The van der Waals surface area contributed by atoms with E-state index in [0.717, 1.165) is 12.1 Å². The van der Waals surface area contributed by atoms with Crippen LogP contribution in [0.1, 0.15) is 52.0 Å². The van der Waals surface area contributed by atoms with Crippen LogP contribution in [0.15, 0.2) is 18.3 Å². The molecule has 0 saturated heterocycles. The lowest BCUT2D eigenvalue weighted by atomic mass is 10.1. The maximum absolute atomic E-state index is 14.1. The minimum Gasteiger partial charge on any atom is -0.482 e. The van der Waals surface area contributed by atoms with Crippen molar-refractivity contribution >= 4 is 11.6 Å². The van der Waals surface area contributed by atoms with E-state index in [-0.39, 0.29) is 16.9 Å². The van der Waals surface area contributed by atoms with Gasteiger partial charge in [-0.15, -0.1) is 5.10 Å². The third kappa shape index (κ3) is 4.74. The van der Waals surface area contributed by atoms with Crippen molar-refractivity contribution in [1.82, 2.24) is 15.0 Å². The van der Waals surface area contributed by atoms with Crippen LogP contribution < -0.4 is 10.1 Å². The highest BCUT2D eigenvalue weighted by Gasteiger charge is 2.22. The summed E-state index contributed by atoms with van der Waals surface area (Å²) in [5, 5.41) is 10.1. The predicted octanol–water partition coefficient (Wildman–Crippen LogP) is 3.74. The second kappa shape index (κ2) is 6.42. The average Bonchev–Trinajstić information content (AvgIpc) is 2.91. The summed E-state index contributed by atoms with van der Waals surface area (Å²) in [6.07, 6.45) is 1.47. The summed E-state index contributed by atoms with van der Waals surface area (Å²) in [6.45, 7) is 10.8. The van der Waals surface area contributed by atoms with Crippen molar-refractivity contribution in [3.63, 3.8) is 0 Å². The van der Waals surface area contributed by atoms with E-state index >= 15 is 0 Å². The minimum absolute atomic E-state index is 0.0356. The lowest BCUT2D eigenvalue weighted by Crippen LogP contribution is -2.24. The van der Waals surface area contributed by atoms with E-state index < -0.39 is 28.9 Å². The smallest absolute Gasteiger partial charge is 0.277 e. The van der Waals surface area contributed by atoms with Crippen molar-refractivity contribution in [2.45, 2.75) is 52.7 Å². The van der Waals surface area contributed by atoms with Gasteiger partial charge < -0.3 is 10.1 Å². The predicted molar refractivity (Wildman–Crippen MR) is 89.7 cm³/mol. The summed E-state index contributed by atoms with van der Waals surface area (Å²) in [5.74, 6) is -2.89. The molecule has 1 aromatic heterocycles. The third-order valence-corrected chi connectivity index (χ3v) is 3.08. The summed E-state index contributed by atoms with van der Waals surface area (Å²) in [4.78, 5) is 12.2. The highest BCUT2D eigenvalue weighted by molar-refractivity contribution is 6.02. The molecule has 136 valence electrons. The second-order valence-corrected chi connectivity index (χ2v) is 7.66. The molecule has 1 N–H and O–H groups in total. The first-order valence-electron chi connectivity index (χ1n) is 7.79. The Kier molecular flexibility index (Phi) is 4.83. The molecule has 6 nitrogen and oxygen atoms in total. The van der Waals surface area contributed by atoms with Gasteiger partial charge in [0.25, 0.3) is 5.91 Å². The molecule has 25 heavy (non-hydrogen) atoms. The molecule has 0 aliphatic rings. The molecular formula is C17H22F2N4O2. The van der Waals surface area contributed by atoms with Gasteiger partial charge in [0.15, 0.2) is 23.1 Å². The molecule has 0 spiro atoms. The topological polar surface area (TPSA) is 69.0 Å². The Morgan fingerprint density at radius 2 is 1.68 bits per heavy atom. The summed E-state index contributed by atoms with van der Waals surface area (Å²) in [6, 6.07) is 1.99. The van der Waals surface area contributed by atoms with E-state index in [0.29, 0.717) is 0 Å². The first kappa shape index (κ1) is 18.8. The van der Waals surface area contributed by atoms with Crippen molar-refractivity contribution in [1.29, 1.82) is 0 Å². The van der Waals surface area contributed by atoms with Gasteiger partial charge in [-0.1, -0.05) is 5.21 Å². The Bertz CT molecular complexity index is 766. The molecule has 0 aliphatic carbocycles. The van der Waals surface area contributed by atoms with Gasteiger partial charge in [0, 0.05) is 17.8 Å². The number of carbonyl (C=O) groups is 1. The SMILES string of the molecule is CC(C)(C)Oc1c(F)cc(NC(=O)c2cn(C(C)(C)C)nn2)cc1F. The standard InChI is InChI=1S/C17H22F2N4O2/c1-16(2,3)23-9-13(21-22-23)15(24)20-10-7-11(18)14(12(19)8-10)25-17(4,5)6/h7-9H,1-6H3,(H,20,24). The molecule has 1 heterocycles. The molecule has 0 atom stereocenters. The first-order valence-corrected chi connectivity index (χ1v) is 7.79. The number of aromatic nitrogens is 3. The zero-order valence-electron chi connectivity index (χ0n) is 15.1. The number of nitrogens with one attached hydrogen (secondary N) is 1. The van der Waals surface area contributed by atoms with E-state index in [9.17, 15) is 13.6 Å². The fourth-order valence-electron chi connectivity index (χ4n) is 1.93. The van der Waals surface area contributed by atoms with Gasteiger partial charge in [0.05, 0.1) is 11.7 Å². The van der Waals surface area contributed by atoms with Crippen molar-refractivity contribution in [2.75, 3.05) is 5.32 Å². The quantitative estimate of drug-likeness (QED) is 0.914. The first-order chi connectivity index (χ1) is 11.4. The largest absolute Gasteiger partial charge is 0.482 e. The molecule has 0 bridgehead atoms. The van der Waals surface area contributed by atoms with Crippen LogP contribution in [0.2, 0.25) is 0 Å². The highest BCUT2D eigenvalue weighted by Crippen LogP contribution is 2.29. The number of ether oxygens (including phenoxy) is 1. The van der Waals surface area contributed by atoms with E-state index in [1.54, 1.807) is 20.8 Å². The third-order valence-electron chi connectivity index (χ3n) is 3.08. The molecule has 0 fully saturated rings. The molecule has 0 radical (unpaired) electrons. The number of halogens is 2. The van der Waals surface area contributed by atoms with Crippen LogP contribution >= 0.6 is 0 Å². The monoisotopic (exact) mass is 352 g/mol. The summed E-state index contributed by atoms with van der Waals surface area (Å²) in [5.41, 5.74) is -1.08. The number of rotatable bonds is 3. The number of amides is 1. The number of carbonyl (C=O) groups excluding carboxylic acids is 1. The summed E-state index contributed by atoms with van der Waals surface area (Å²) < 4.78 is 35.0. The molecular weight excluding hydrogens is 330 g/mol. The fraction of sp³-hybridized carbons (Fsp3) is 0.471. The molecule has 0 unspecified atom stereocenters. The molecule has 2 aromatic rings. The van der Waals surface area contributed by atoms with Gasteiger partial charge in [-0.2, -0.15) is 0 Å². The van der Waals surface area contributed by atoms with Crippen LogP contribution in [0.25, 0.3) is 0 Å². The number of hydrogen-bond acceptors (Lipinski definition) is 4. The maximum Gasteiger partial charge on any atom is 0.277 e. The van der Waals surface area contributed by atoms with Gasteiger partial charge in [0.1, 0.15) is 5.60 Å². The molecule has 0 saturated carbocycles. The van der Waals surface area contributed by atoms with Gasteiger partial charge in [-0.3, -0.25) is 4.79 Å². The molecule has 0 aliphatic heterocycles. The average molecular weight is 352 g/mol. The molecule has 1 amide bonds. The Morgan fingerprint density at radius 3 is 2.12 bits per heavy atom. The van der Waals surface area contributed by atoms with Crippen molar-refractivity contribution in [3.8, 4) is 5.75 Å². The number of benzene rings is 1. The van der Waals surface area contributed by atoms with Gasteiger partial charge in [-0.05, 0) is 41.5 Å². The van der Waals surface area contributed by atoms with Gasteiger partial charge in [-0.25, -0.2) is 13.5 Å². The fourth-order valence-corrected chi connectivity index (χ4v) is 1.93. The zero-order valence-corrected chi connectivity index (χ0v) is 15.1. The molecule has 8 heteroatoms. The van der Waals surface area contributed by atoms with Crippen LogP contribution in [-0.2, 0) is 5.54 Å². The number of hydrogen-bond donors (Lipinski definition) is 1. The minimum atomic E-state index is -0.899. The Balaban J connectivity index is 2.20. The van der Waals surface area contributed by atoms with Crippen LogP contribution in [0.4, 0.5) is 14.5 Å². The molecule has 1 aromatic carbocycles. The van der Waals surface area contributed by atoms with Gasteiger partial charge >= 0.3 is 0 Å². The number of nitrogens with zero attached hydrogens (tertiary/aromatic N) is 3. The van der Waals surface area contributed by atoms with Crippen molar-refractivity contribution in [2.24, 2.45) is 0 Å². The highest BCUT2D eigenvalue weighted by atomic mass is 19.1. The Morgan fingerprint density at radius 1 is 1.12 bits per heavy atom. The van der Waals surface area contributed by atoms with Gasteiger partial charge in [0.2, 0.25) is 0 Å². The lowest BCUT2D eigenvalue weighted by Gasteiger charge is -2.22. The van der Waals surface area contributed by atoms with E-state index in [1.165, 1.54) is 10.9 Å². The normalized spacial score (nSPS) is 12.2. The summed E-state index contributed by atoms with van der Waals surface area (Å²) in [7, 11) is 0.